The third kappa shape index (κ3) is 6.08. The van der Waals surface area contributed by atoms with Crippen molar-refractivity contribution in [1.82, 2.24) is 5.32 Å². The maximum absolute atomic E-state index is 6.02. The number of ether oxygens (including phenoxy) is 3. The Morgan fingerprint density at radius 2 is 1.80 bits per heavy atom. The normalized spacial score (nSPS) is 28.4. The second-order valence-corrected chi connectivity index (χ2v) is 6.60. The van der Waals surface area contributed by atoms with Crippen LogP contribution in [0.2, 0.25) is 0 Å². The van der Waals surface area contributed by atoms with Crippen LogP contribution in [0.4, 0.5) is 0 Å². The van der Waals surface area contributed by atoms with Gasteiger partial charge in [-0.05, 0) is 44.1 Å². The van der Waals surface area contributed by atoms with E-state index in [4.69, 9.17) is 14.2 Å². The first-order chi connectivity index (χ1) is 9.74. The molecular formula is C16H31NO3. The maximum atomic E-state index is 6.02. The zero-order valence-electron chi connectivity index (χ0n) is 13.1. The van der Waals surface area contributed by atoms with Crippen LogP contribution in [0, 0.1) is 11.8 Å². The molecule has 2 unspecified atom stereocenters. The maximum Gasteiger partial charge on any atom is 0.0813 e. The lowest BCUT2D eigenvalue weighted by Crippen LogP contribution is -2.30. The Balaban J connectivity index is 1.50. The molecule has 2 fully saturated rings. The summed E-state index contributed by atoms with van der Waals surface area (Å²) in [6.07, 6.45) is 5.28. The second-order valence-electron chi connectivity index (χ2n) is 6.60. The van der Waals surface area contributed by atoms with Gasteiger partial charge < -0.3 is 19.5 Å². The number of rotatable bonds is 8. The van der Waals surface area contributed by atoms with Gasteiger partial charge in [0.2, 0.25) is 0 Å². The molecule has 0 aliphatic carbocycles. The van der Waals surface area contributed by atoms with E-state index in [0.29, 0.717) is 24.0 Å². The van der Waals surface area contributed by atoms with Crippen molar-refractivity contribution in [3.8, 4) is 0 Å². The first-order valence-corrected chi connectivity index (χ1v) is 8.25. The van der Waals surface area contributed by atoms with Crippen molar-refractivity contribution >= 4 is 0 Å². The van der Waals surface area contributed by atoms with E-state index >= 15 is 0 Å². The summed E-state index contributed by atoms with van der Waals surface area (Å²) in [7, 11) is 0. The Hall–Kier alpha value is -0.160. The first-order valence-electron chi connectivity index (χ1n) is 8.25. The summed E-state index contributed by atoms with van der Waals surface area (Å²) in [5, 5.41) is 3.48. The minimum atomic E-state index is 0.306. The van der Waals surface area contributed by atoms with Crippen molar-refractivity contribution < 1.29 is 14.2 Å². The molecule has 1 N–H and O–H groups in total. The standard InChI is InChI=1S/C16H31NO3/c1-13(2)9-17-10-15-3-4-16(20-15)12-19-11-14-5-7-18-8-6-14/h13-17H,3-12H2,1-2H3. The Bertz CT molecular complexity index is 254. The monoisotopic (exact) mass is 285 g/mol. The topological polar surface area (TPSA) is 39.7 Å². The molecule has 2 aliphatic rings. The highest BCUT2D eigenvalue weighted by Crippen LogP contribution is 2.20. The summed E-state index contributed by atoms with van der Waals surface area (Å²) < 4.78 is 17.2. The minimum absolute atomic E-state index is 0.306. The van der Waals surface area contributed by atoms with Crippen LogP contribution in [0.25, 0.3) is 0 Å². The average Bonchev–Trinajstić information content (AvgIpc) is 2.87. The second kappa shape index (κ2) is 8.98. The van der Waals surface area contributed by atoms with Gasteiger partial charge in [0.25, 0.3) is 0 Å². The highest BCUT2D eigenvalue weighted by Gasteiger charge is 2.25. The molecule has 2 rings (SSSR count). The fourth-order valence-electron chi connectivity index (χ4n) is 2.87. The number of hydrogen-bond acceptors (Lipinski definition) is 4. The molecule has 0 aromatic rings. The molecule has 0 saturated carbocycles. The van der Waals surface area contributed by atoms with Gasteiger partial charge in [-0.25, -0.2) is 0 Å². The highest BCUT2D eigenvalue weighted by molar-refractivity contribution is 4.75. The van der Waals surface area contributed by atoms with Crippen LogP contribution in [0.5, 0.6) is 0 Å². The van der Waals surface area contributed by atoms with E-state index in [-0.39, 0.29) is 0 Å². The van der Waals surface area contributed by atoms with Gasteiger partial charge in [0.1, 0.15) is 0 Å². The van der Waals surface area contributed by atoms with Crippen molar-refractivity contribution in [1.29, 1.82) is 0 Å². The fraction of sp³-hybridized carbons (Fsp3) is 1.00. The summed E-state index contributed by atoms with van der Waals surface area (Å²) in [6, 6.07) is 0. The average molecular weight is 285 g/mol. The molecule has 2 heterocycles. The highest BCUT2D eigenvalue weighted by atomic mass is 16.5. The summed E-state index contributed by atoms with van der Waals surface area (Å²) in [4.78, 5) is 0. The van der Waals surface area contributed by atoms with Crippen LogP contribution < -0.4 is 5.32 Å². The SMILES string of the molecule is CC(C)CNCC1CCC(COCC2CCOCC2)O1. The van der Waals surface area contributed by atoms with Gasteiger partial charge in [-0.3, -0.25) is 0 Å². The van der Waals surface area contributed by atoms with Gasteiger partial charge in [-0.2, -0.15) is 0 Å². The Labute approximate surface area is 123 Å². The molecule has 0 aromatic carbocycles. The lowest BCUT2D eigenvalue weighted by Gasteiger charge is -2.22. The molecule has 4 nitrogen and oxygen atoms in total. The van der Waals surface area contributed by atoms with E-state index in [1.165, 1.54) is 0 Å². The molecule has 0 radical (unpaired) electrons. The van der Waals surface area contributed by atoms with E-state index in [1.807, 2.05) is 0 Å². The van der Waals surface area contributed by atoms with Crippen LogP contribution in [0.15, 0.2) is 0 Å². The molecule has 2 aliphatic heterocycles. The van der Waals surface area contributed by atoms with Gasteiger partial charge in [0.05, 0.1) is 18.8 Å². The van der Waals surface area contributed by atoms with Gasteiger partial charge in [0.15, 0.2) is 0 Å². The number of hydrogen-bond donors (Lipinski definition) is 1. The predicted octanol–water partition coefficient (Wildman–Crippen LogP) is 2.22. The van der Waals surface area contributed by atoms with Crippen molar-refractivity contribution in [2.75, 3.05) is 39.5 Å². The quantitative estimate of drug-likeness (QED) is 0.742. The van der Waals surface area contributed by atoms with Crippen molar-refractivity contribution in [2.45, 2.75) is 51.7 Å². The summed E-state index contributed by atoms with van der Waals surface area (Å²) >= 11 is 0. The van der Waals surface area contributed by atoms with E-state index in [0.717, 1.165) is 65.2 Å². The lowest BCUT2D eigenvalue weighted by atomic mass is 10.0. The van der Waals surface area contributed by atoms with Crippen molar-refractivity contribution in [3.05, 3.63) is 0 Å². The van der Waals surface area contributed by atoms with E-state index < -0.39 is 0 Å². The Morgan fingerprint density at radius 1 is 1.05 bits per heavy atom. The van der Waals surface area contributed by atoms with Crippen molar-refractivity contribution in [2.24, 2.45) is 11.8 Å². The first kappa shape index (κ1) is 16.2. The number of nitrogens with one attached hydrogen (secondary N) is 1. The van der Waals surface area contributed by atoms with Crippen LogP contribution >= 0.6 is 0 Å². The van der Waals surface area contributed by atoms with Gasteiger partial charge in [-0.15, -0.1) is 0 Å². The molecule has 0 aromatic heterocycles. The van der Waals surface area contributed by atoms with Crippen LogP contribution in [-0.2, 0) is 14.2 Å². The summed E-state index contributed by atoms with van der Waals surface area (Å²) in [6.45, 7) is 9.96. The largest absolute Gasteiger partial charge is 0.381 e. The lowest BCUT2D eigenvalue weighted by molar-refractivity contribution is -0.0346. The van der Waals surface area contributed by atoms with Crippen LogP contribution in [0.1, 0.15) is 39.5 Å². The van der Waals surface area contributed by atoms with Gasteiger partial charge in [-0.1, -0.05) is 13.8 Å². The summed E-state index contributed by atoms with van der Waals surface area (Å²) in [5.74, 6) is 1.39. The fourth-order valence-corrected chi connectivity index (χ4v) is 2.87. The Morgan fingerprint density at radius 3 is 2.55 bits per heavy atom. The molecule has 4 heteroatoms. The molecule has 2 atom stereocenters. The summed E-state index contributed by atoms with van der Waals surface area (Å²) in [5.41, 5.74) is 0. The van der Waals surface area contributed by atoms with E-state index in [2.05, 4.69) is 19.2 Å². The van der Waals surface area contributed by atoms with Gasteiger partial charge in [0, 0.05) is 26.4 Å². The van der Waals surface area contributed by atoms with Crippen molar-refractivity contribution in [3.63, 3.8) is 0 Å². The smallest absolute Gasteiger partial charge is 0.0813 e. The molecule has 0 bridgehead atoms. The van der Waals surface area contributed by atoms with Gasteiger partial charge >= 0.3 is 0 Å². The minimum Gasteiger partial charge on any atom is -0.381 e. The van der Waals surface area contributed by atoms with Crippen LogP contribution in [-0.4, -0.2) is 51.7 Å². The predicted molar refractivity (Wildman–Crippen MR) is 80.0 cm³/mol. The van der Waals surface area contributed by atoms with E-state index in [9.17, 15) is 0 Å². The molecule has 0 amide bonds. The Kier molecular flexibility index (Phi) is 7.28. The molecule has 118 valence electrons. The molecule has 0 spiro atoms. The van der Waals surface area contributed by atoms with Crippen LogP contribution in [0.3, 0.4) is 0 Å². The molecule has 2 saturated heterocycles. The third-order valence-corrected chi connectivity index (χ3v) is 4.12. The molecular weight excluding hydrogens is 254 g/mol. The zero-order valence-corrected chi connectivity index (χ0v) is 13.1. The zero-order chi connectivity index (χ0) is 14.2. The van der Waals surface area contributed by atoms with E-state index in [1.54, 1.807) is 0 Å². The third-order valence-electron chi connectivity index (χ3n) is 4.12. The molecule has 20 heavy (non-hydrogen) atoms.